The van der Waals surface area contributed by atoms with Gasteiger partial charge in [0, 0.05) is 46.2 Å². The number of nitrogens with one attached hydrogen (secondary N) is 1. The summed E-state index contributed by atoms with van der Waals surface area (Å²) in [5.41, 5.74) is 6.69. The van der Waals surface area contributed by atoms with Gasteiger partial charge in [-0.25, -0.2) is 14.8 Å². The summed E-state index contributed by atoms with van der Waals surface area (Å²) < 4.78 is 5.24. The van der Waals surface area contributed by atoms with Crippen LogP contribution in [0.15, 0.2) is 91.3 Å². The first-order valence-corrected chi connectivity index (χ1v) is 11.9. The van der Waals surface area contributed by atoms with Gasteiger partial charge in [0.1, 0.15) is 0 Å². The molecule has 5 nitrogen and oxygen atoms in total. The number of hydrogen-bond donors (Lipinski definition) is 1. The van der Waals surface area contributed by atoms with Gasteiger partial charge in [0.05, 0.1) is 12.3 Å². The Morgan fingerprint density at radius 1 is 1.03 bits per heavy atom. The van der Waals surface area contributed by atoms with E-state index in [0.717, 1.165) is 50.8 Å². The van der Waals surface area contributed by atoms with Gasteiger partial charge in [0.25, 0.3) is 0 Å². The third kappa shape index (κ3) is 4.58. The molecule has 1 unspecified atom stereocenters. The number of fused-ring (bicyclic) bond motifs is 2. The molecule has 0 amide bonds. The molecule has 0 aliphatic rings. The topological polar surface area (TPSA) is 67.9 Å². The highest BCUT2D eigenvalue weighted by Gasteiger charge is 2.18. The Labute approximate surface area is 204 Å². The molecule has 174 valence electrons. The molecule has 35 heavy (non-hydrogen) atoms. The minimum absolute atomic E-state index is 0.128. The number of aromatic nitrogens is 3. The predicted octanol–water partition coefficient (Wildman–Crippen LogP) is 6.65. The van der Waals surface area contributed by atoms with E-state index in [4.69, 9.17) is 9.72 Å². The average Bonchev–Trinajstić information content (AvgIpc) is 3.31. The second-order valence-electron chi connectivity index (χ2n) is 8.43. The smallest absolute Gasteiger partial charge is 0.331 e. The van der Waals surface area contributed by atoms with Crippen molar-refractivity contribution in [1.82, 2.24) is 15.0 Å². The van der Waals surface area contributed by atoms with Gasteiger partial charge in [-0.1, -0.05) is 43.3 Å². The van der Waals surface area contributed by atoms with Crippen LogP contribution >= 0.6 is 0 Å². The van der Waals surface area contributed by atoms with Crippen LogP contribution in [0.2, 0.25) is 0 Å². The van der Waals surface area contributed by atoms with Crippen molar-refractivity contribution in [2.24, 2.45) is 0 Å². The van der Waals surface area contributed by atoms with Crippen LogP contribution in [-0.2, 0) is 9.53 Å². The molecule has 5 rings (SSSR count). The Morgan fingerprint density at radius 2 is 1.89 bits per heavy atom. The van der Waals surface area contributed by atoms with Gasteiger partial charge in [0.2, 0.25) is 0 Å². The summed E-state index contributed by atoms with van der Waals surface area (Å²) in [4.78, 5) is 25.1. The molecule has 3 aromatic heterocycles. The van der Waals surface area contributed by atoms with Crippen LogP contribution in [0.4, 0.5) is 0 Å². The quantitative estimate of drug-likeness (QED) is 0.218. The zero-order valence-corrected chi connectivity index (χ0v) is 19.9. The summed E-state index contributed by atoms with van der Waals surface area (Å²) in [6, 6.07) is 24.5. The SMILES string of the molecule is CCOC(=O)C=C(c1ccccc1)c1c[nH]c2ccc(C(CC)c3ccc4cccnc4n3)cc12. The first-order chi connectivity index (χ1) is 17.2. The van der Waals surface area contributed by atoms with Crippen molar-refractivity contribution in [2.45, 2.75) is 26.2 Å². The summed E-state index contributed by atoms with van der Waals surface area (Å²) in [5.74, 6) is -0.223. The zero-order chi connectivity index (χ0) is 24.2. The average molecular weight is 462 g/mol. The molecule has 0 radical (unpaired) electrons. The maximum absolute atomic E-state index is 12.4. The maximum atomic E-state index is 12.4. The first kappa shape index (κ1) is 22.5. The fraction of sp³-hybridized carbons (Fsp3) is 0.167. The second kappa shape index (κ2) is 9.94. The molecule has 1 N–H and O–H groups in total. The largest absolute Gasteiger partial charge is 0.463 e. The number of hydrogen-bond acceptors (Lipinski definition) is 4. The van der Waals surface area contributed by atoms with E-state index < -0.39 is 0 Å². The van der Waals surface area contributed by atoms with Crippen LogP contribution in [0.1, 0.15) is 48.6 Å². The predicted molar refractivity (Wildman–Crippen MR) is 140 cm³/mol. The molecule has 0 spiro atoms. The second-order valence-corrected chi connectivity index (χ2v) is 8.43. The third-order valence-corrected chi connectivity index (χ3v) is 6.28. The van der Waals surface area contributed by atoms with E-state index in [-0.39, 0.29) is 11.9 Å². The molecule has 3 heterocycles. The highest BCUT2D eigenvalue weighted by molar-refractivity contribution is 6.03. The van der Waals surface area contributed by atoms with Crippen LogP contribution in [-0.4, -0.2) is 27.5 Å². The molecule has 0 aliphatic heterocycles. The lowest BCUT2D eigenvalue weighted by molar-refractivity contribution is -0.137. The zero-order valence-electron chi connectivity index (χ0n) is 19.9. The Balaban J connectivity index is 1.61. The Morgan fingerprint density at radius 3 is 2.69 bits per heavy atom. The Kier molecular flexibility index (Phi) is 6.40. The number of ether oxygens (including phenoxy) is 1. The fourth-order valence-corrected chi connectivity index (χ4v) is 4.59. The van der Waals surface area contributed by atoms with Crippen LogP contribution in [0.3, 0.4) is 0 Å². The van der Waals surface area contributed by atoms with Gasteiger partial charge >= 0.3 is 5.97 Å². The molecule has 0 saturated carbocycles. The molecule has 0 aliphatic carbocycles. The number of rotatable bonds is 7. The minimum atomic E-state index is -0.351. The Hall–Kier alpha value is -4.25. The van der Waals surface area contributed by atoms with Gasteiger partial charge in [-0.2, -0.15) is 0 Å². The van der Waals surface area contributed by atoms with Crippen molar-refractivity contribution in [3.05, 3.63) is 114 Å². The van der Waals surface area contributed by atoms with Crippen molar-refractivity contribution in [3.8, 4) is 0 Å². The fourth-order valence-electron chi connectivity index (χ4n) is 4.59. The lowest BCUT2D eigenvalue weighted by atomic mass is 9.90. The lowest BCUT2D eigenvalue weighted by Crippen LogP contribution is -2.03. The van der Waals surface area contributed by atoms with Gasteiger partial charge in [-0.05, 0) is 66.4 Å². The number of carbonyl (C=O) groups excluding carboxylic acids is 1. The van der Waals surface area contributed by atoms with Gasteiger partial charge in [0.15, 0.2) is 5.65 Å². The van der Waals surface area contributed by atoms with E-state index in [0.29, 0.717) is 6.61 Å². The van der Waals surface area contributed by atoms with Crippen LogP contribution in [0, 0.1) is 0 Å². The van der Waals surface area contributed by atoms with E-state index in [9.17, 15) is 4.79 Å². The number of esters is 1. The van der Waals surface area contributed by atoms with Crippen LogP contribution < -0.4 is 0 Å². The number of pyridine rings is 2. The third-order valence-electron chi connectivity index (χ3n) is 6.28. The molecule has 0 bridgehead atoms. The van der Waals surface area contributed by atoms with Crippen molar-refractivity contribution in [3.63, 3.8) is 0 Å². The van der Waals surface area contributed by atoms with Gasteiger partial charge in [-0.3, -0.25) is 0 Å². The monoisotopic (exact) mass is 461 g/mol. The lowest BCUT2D eigenvalue weighted by Gasteiger charge is -2.16. The van der Waals surface area contributed by atoms with E-state index in [1.165, 1.54) is 5.56 Å². The van der Waals surface area contributed by atoms with Gasteiger partial charge in [-0.15, -0.1) is 0 Å². The number of carbonyl (C=O) groups is 1. The van der Waals surface area contributed by atoms with Crippen molar-refractivity contribution >= 4 is 33.5 Å². The van der Waals surface area contributed by atoms with E-state index in [2.05, 4.69) is 47.2 Å². The highest BCUT2D eigenvalue weighted by atomic mass is 16.5. The highest BCUT2D eigenvalue weighted by Crippen LogP contribution is 2.34. The minimum Gasteiger partial charge on any atom is -0.463 e. The summed E-state index contributed by atoms with van der Waals surface area (Å²) >= 11 is 0. The molecule has 5 heteroatoms. The van der Waals surface area contributed by atoms with Crippen molar-refractivity contribution in [2.75, 3.05) is 6.61 Å². The summed E-state index contributed by atoms with van der Waals surface area (Å²) in [6.45, 7) is 4.32. The van der Waals surface area contributed by atoms with Gasteiger partial charge < -0.3 is 9.72 Å². The van der Waals surface area contributed by atoms with Crippen molar-refractivity contribution in [1.29, 1.82) is 0 Å². The molecule has 0 fully saturated rings. The maximum Gasteiger partial charge on any atom is 0.331 e. The van der Waals surface area contributed by atoms with Crippen molar-refractivity contribution < 1.29 is 9.53 Å². The normalized spacial score (nSPS) is 12.7. The number of H-pyrrole nitrogens is 1. The number of nitrogens with zero attached hydrogens (tertiary/aromatic N) is 2. The molecular weight excluding hydrogens is 434 g/mol. The molecule has 5 aromatic rings. The number of aromatic amines is 1. The summed E-state index contributed by atoms with van der Waals surface area (Å²) in [6.07, 6.45) is 6.23. The standard InChI is InChI=1S/C30H27N3O2/c1-3-23(28-15-12-21-11-8-16-31-30(21)33-28)22-13-14-27-25(17-22)26(19-32-27)24(18-29(34)35-4-2)20-9-6-5-7-10-20/h5-19,23,32H,3-4H2,1-2H3. The van der Waals surface area contributed by atoms with Crippen LogP contribution in [0.25, 0.3) is 27.5 Å². The number of benzene rings is 2. The van der Waals surface area contributed by atoms with E-state index >= 15 is 0 Å². The van der Waals surface area contributed by atoms with E-state index in [1.54, 1.807) is 12.3 Å². The molecule has 0 saturated heterocycles. The van der Waals surface area contributed by atoms with E-state index in [1.807, 2.05) is 55.6 Å². The molecular formula is C30H27N3O2. The van der Waals surface area contributed by atoms with Crippen LogP contribution in [0.5, 0.6) is 0 Å². The molecule has 2 aromatic carbocycles. The summed E-state index contributed by atoms with van der Waals surface area (Å²) in [5, 5.41) is 2.09. The summed E-state index contributed by atoms with van der Waals surface area (Å²) in [7, 11) is 0. The Bertz CT molecular complexity index is 1520. The first-order valence-electron chi connectivity index (χ1n) is 11.9. The molecule has 1 atom stereocenters.